The maximum absolute atomic E-state index is 7.22. The molecule has 6 heterocycles. The summed E-state index contributed by atoms with van der Waals surface area (Å²) in [4.78, 5) is 4.96. The van der Waals surface area contributed by atoms with Gasteiger partial charge >= 0.3 is 0 Å². The number of ether oxygens (including phenoxy) is 4. The molecule has 0 bridgehead atoms. The highest BCUT2D eigenvalue weighted by atomic mass is 32.1. The lowest BCUT2D eigenvalue weighted by molar-refractivity contribution is -0.00105. The highest BCUT2D eigenvalue weighted by Crippen LogP contribution is 2.51. The molecule has 12 aromatic rings. The van der Waals surface area contributed by atoms with E-state index in [-0.39, 0.29) is 0 Å². The summed E-state index contributed by atoms with van der Waals surface area (Å²) in [5.41, 5.74) is 8.14. The van der Waals surface area contributed by atoms with Crippen molar-refractivity contribution in [2.45, 2.75) is 0 Å². The van der Waals surface area contributed by atoms with E-state index in [1.165, 1.54) is 41.8 Å². The maximum Gasteiger partial charge on any atom is 0.127 e. The van der Waals surface area contributed by atoms with Gasteiger partial charge in [0, 0.05) is 41.8 Å². The van der Waals surface area contributed by atoms with Gasteiger partial charge in [0.15, 0.2) is 0 Å². The van der Waals surface area contributed by atoms with Crippen LogP contribution >= 0.6 is 45.3 Å². The molecule has 0 aliphatic carbocycles. The quantitative estimate of drug-likeness (QED) is 0.176. The molecule has 1 spiro atoms. The van der Waals surface area contributed by atoms with Crippen LogP contribution in [0.15, 0.2) is 191 Å². The molecule has 0 radical (unpaired) electrons. The third-order valence-electron chi connectivity index (χ3n) is 13.8. The Morgan fingerprint density at radius 1 is 0.290 bits per heavy atom. The third kappa shape index (κ3) is 7.04. The standard InChI is InChI=1S/C61H40O4S4/c1-5-53(66-25-1)41-9-17-45-37(29-41)13-21-49-57(45)58-46-18-10-42(54-6-2-26-67-54)30-38(46)14-22-50(58)63-34-61(33-62-49)35-64-51-23-15-39-31-43(55-7-3-27-68-55)11-19-47(39)59(51)60-48-20-12-44(56-8-4-28-69-56)32-40(48)16-24-52(60)65-36-61/h1-32H,33-36H2. The van der Waals surface area contributed by atoms with Crippen LogP contribution in [0, 0.1) is 5.41 Å². The van der Waals surface area contributed by atoms with Crippen molar-refractivity contribution in [2.75, 3.05) is 26.4 Å². The summed E-state index contributed by atoms with van der Waals surface area (Å²) >= 11 is 7.02. The van der Waals surface area contributed by atoms with Crippen molar-refractivity contribution in [1.29, 1.82) is 0 Å². The fraction of sp³-hybridized carbons (Fsp3) is 0.0820. The molecule has 0 fully saturated rings. The number of fused-ring (bicyclic) bond motifs is 14. The highest BCUT2D eigenvalue weighted by molar-refractivity contribution is 7.14. The van der Waals surface area contributed by atoms with Crippen molar-refractivity contribution in [2.24, 2.45) is 5.41 Å². The second-order valence-electron chi connectivity index (χ2n) is 18.1. The Morgan fingerprint density at radius 3 is 0.783 bits per heavy atom. The van der Waals surface area contributed by atoms with Gasteiger partial charge in [-0.15, -0.1) is 45.3 Å². The van der Waals surface area contributed by atoms with Gasteiger partial charge in [-0.3, -0.25) is 0 Å². The minimum atomic E-state index is -0.732. The minimum absolute atomic E-state index is 0.299. The normalized spacial score (nSPS) is 14.1. The molecule has 4 nitrogen and oxygen atoms in total. The molecule has 14 rings (SSSR count). The van der Waals surface area contributed by atoms with E-state index in [9.17, 15) is 0 Å². The molecule has 8 aromatic carbocycles. The molecule has 2 aliphatic heterocycles. The highest BCUT2D eigenvalue weighted by Gasteiger charge is 2.39. The molecule has 0 N–H and O–H groups in total. The molecular formula is C61H40O4S4. The first kappa shape index (κ1) is 40.8. The molecule has 0 unspecified atom stereocenters. The summed E-state index contributed by atoms with van der Waals surface area (Å²) in [6.45, 7) is 1.20. The largest absolute Gasteiger partial charge is 0.492 e. The summed E-state index contributed by atoms with van der Waals surface area (Å²) in [6.07, 6.45) is 0. The van der Waals surface area contributed by atoms with E-state index < -0.39 is 5.41 Å². The molecular weight excluding hydrogens is 925 g/mol. The molecule has 8 heteroatoms. The first-order valence-corrected chi connectivity index (χ1v) is 26.6. The van der Waals surface area contributed by atoms with Crippen LogP contribution in [-0.2, 0) is 0 Å². The zero-order valence-electron chi connectivity index (χ0n) is 37.1. The first-order chi connectivity index (χ1) is 34.1. The molecule has 4 aromatic heterocycles. The van der Waals surface area contributed by atoms with Crippen molar-refractivity contribution >= 4 is 88.4 Å². The van der Waals surface area contributed by atoms with Crippen LogP contribution in [0.1, 0.15) is 0 Å². The van der Waals surface area contributed by atoms with E-state index in [0.29, 0.717) is 26.4 Å². The van der Waals surface area contributed by atoms with Crippen molar-refractivity contribution in [1.82, 2.24) is 0 Å². The van der Waals surface area contributed by atoms with Crippen LogP contribution in [0.25, 0.3) is 107 Å². The lowest BCUT2D eigenvalue weighted by atomic mass is 9.91. The van der Waals surface area contributed by atoms with Gasteiger partial charge < -0.3 is 18.9 Å². The Balaban J connectivity index is 0.928. The Kier molecular flexibility index (Phi) is 9.76. The van der Waals surface area contributed by atoms with Crippen molar-refractivity contribution in [3.05, 3.63) is 191 Å². The first-order valence-electron chi connectivity index (χ1n) is 23.1. The van der Waals surface area contributed by atoms with Crippen LogP contribution in [0.3, 0.4) is 0 Å². The molecule has 332 valence electrons. The summed E-state index contributed by atoms with van der Waals surface area (Å²) in [5.74, 6) is 3.20. The van der Waals surface area contributed by atoms with E-state index in [0.717, 1.165) is 88.3 Å². The molecule has 0 atom stereocenters. The number of rotatable bonds is 4. The van der Waals surface area contributed by atoms with Crippen LogP contribution in [-0.4, -0.2) is 26.4 Å². The summed E-state index contributed by atoms with van der Waals surface area (Å²) in [5, 5.41) is 17.5. The molecule has 69 heavy (non-hydrogen) atoms. The maximum atomic E-state index is 7.22. The Bertz CT molecular complexity index is 3390. The van der Waals surface area contributed by atoms with Gasteiger partial charge in [0.25, 0.3) is 0 Å². The van der Waals surface area contributed by atoms with Gasteiger partial charge in [-0.1, -0.05) is 97.1 Å². The fourth-order valence-electron chi connectivity index (χ4n) is 10.3. The topological polar surface area (TPSA) is 36.9 Å². The van der Waals surface area contributed by atoms with Crippen molar-refractivity contribution in [3.63, 3.8) is 0 Å². The van der Waals surface area contributed by atoms with Crippen LogP contribution in [0.2, 0.25) is 0 Å². The van der Waals surface area contributed by atoms with E-state index in [2.05, 4.69) is 191 Å². The zero-order chi connectivity index (χ0) is 45.5. The Hall–Kier alpha value is -7.20. The van der Waals surface area contributed by atoms with Gasteiger partial charge in [-0.05, 0) is 160 Å². The van der Waals surface area contributed by atoms with E-state index in [1.807, 2.05) is 0 Å². The molecule has 0 amide bonds. The van der Waals surface area contributed by atoms with Crippen LogP contribution < -0.4 is 18.9 Å². The average molecular weight is 965 g/mol. The Morgan fingerprint density at radius 2 is 0.551 bits per heavy atom. The lowest BCUT2D eigenvalue weighted by Gasteiger charge is -2.32. The van der Waals surface area contributed by atoms with Gasteiger partial charge in [0.2, 0.25) is 0 Å². The number of benzene rings is 8. The summed E-state index contributed by atoms with van der Waals surface area (Å²) in [6, 6.07) is 61.7. The van der Waals surface area contributed by atoms with Gasteiger partial charge in [-0.2, -0.15) is 0 Å². The minimum Gasteiger partial charge on any atom is -0.492 e. The Labute approximate surface area is 414 Å². The van der Waals surface area contributed by atoms with Gasteiger partial charge in [0.1, 0.15) is 54.8 Å². The number of hydrogen-bond acceptors (Lipinski definition) is 8. The van der Waals surface area contributed by atoms with E-state index in [1.54, 1.807) is 45.3 Å². The zero-order valence-corrected chi connectivity index (χ0v) is 40.3. The molecule has 0 saturated heterocycles. The predicted octanol–water partition coefficient (Wildman–Crippen LogP) is 17.8. The van der Waals surface area contributed by atoms with E-state index in [4.69, 9.17) is 18.9 Å². The average Bonchev–Trinajstić information content (AvgIpc) is 4.26. The van der Waals surface area contributed by atoms with Gasteiger partial charge in [-0.25, -0.2) is 0 Å². The smallest absolute Gasteiger partial charge is 0.127 e. The number of hydrogen-bond donors (Lipinski definition) is 0. The second-order valence-corrected chi connectivity index (χ2v) is 21.9. The third-order valence-corrected chi connectivity index (χ3v) is 17.5. The summed E-state index contributed by atoms with van der Waals surface area (Å²) < 4.78 is 28.9. The summed E-state index contributed by atoms with van der Waals surface area (Å²) in [7, 11) is 0. The lowest BCUT2D eigenvalue weighted by Crippen LogP contribution is -2.45. The number of thiophene rings is 4. The fourth-order valence-corrected chi connectivity index (χ4v) is 13.2. The molecule has 0 saturated carbocycles. The second kappa shape index (κ2) is 16.5. The molecule has 2 aliphatic rings. The SMILES string of the molecule is c1csc(-c2ccc3c4c(ccc3c2)OCC2(COc3ccc5cc(-c6cccs6)ccc5c3-4)COc3ccc4cc(-c5cccs5)ccc4c3-c3c(ccc4cc(-c5cccs5)ccc34)OC2)c1. The van der Waals surface area contributed by atoms with Crippen LogP contribution in [0.5, 0.6) is 23.0 Å². The van der Waals surface area contributed by atoms with Crippen LogP contribution in [0.4, 0.5) is 0 Å². The van der Waals surface area contributed by atoms with Crippen molar-refractivity contribution in [3.8, 4) is 87.0 Å². The predicted molar refractivity (Wildman–Crippen MR) is 291 cm³/mol. The van der Waals surface area contributed by atoms with Gasteiger partial charge in [0.05, 0.1) is 0 Å². The van der Waals surface area contributed by atoms with E-state index >= 15 is 0 Å². The van der Waals surface area contributed by atoms with Crippen molar-refractivity contribution < 1.29 is 18.9 Å². The monoisotopic (exact) mass is 964 g/mol.